The van der Waals surface area contributed by atoms with Crippen molar-refractivity contribution in [3.63, 3.8) is 0 Å². The largest absolute Gasteiger partial charge is 0.394 e. The van der Waals surface area contributed by atoms with Gasteiger partial charge in [-0.1, -0.05) is 18.2 Å². The van der Waals surface area contributed by atoms with E-state index in [0.29, 0.717) is 18.5 Å². The molecule has 1 saturated heterocycles. The number of hydrogen-bond acceptors (Lipinski definition) is 4. The fourth-order valence-corrected chi connectivity index (χ4v) is 3.29. The number of amides is 1. The summed E-state index contributed by atoms with van der Waals surface area (Å²) in [5.41, 5.74) is 3.34. The number of carbonyl (C=O) groups excluding carboxylic acids is 1. The van der Waals surface area contributed by atoms with E-state index in [0.717, 1.165) is 16.8 Å². The number of likely N-dealkylation sites (tertiary alicyclic amines) is 1. The zero-order valence-electron chi connectivity index (χ0n) is 14.0. The van der Waals surface area contributed by atoms with Gasteiger partial charge in [0.1, 0.15) is 0 Å². The van der Waals surface area contributed by atoms with Crippen molar-refractivity contribution >= 4 is 5.91 Å². The first-order chi connectivity index (χ1) is 11.7. The molecule has 1 aromatic heterocycles. The molecule has 2 atom stereocenters. The second-order valence-corrected chi connectivity index (χ2v) is 6.08. The maximum absolute atomic E-state index is 13.0. The Morgan fingerprint density at radius 3 is 2.83 bits per heavy atom. The molecule has 1 fully saturated rings. The van der Waals surface area contributed by atoms with Crippen LogP contribution >= 0.6 is 0 Å². The van der Waals surface area contributed by atoms with Crippen LogP contribution in [0.5, 0.6) is 0 Å². The topological polar surface area (TPSA) is 62.7 Å². The van der Waals surface area contributed by atoms with Gasteiger partial charge in [-0.3, -0.25) is 9.78 Å². The van der Waals surface area contributed by atoms with Gasteiger partial charge < -0.3 is 14.7 Å². The average Bonchev–Trinajstić information content (AvgIpc) is 3.05. The van der Waals surface area contributed by atoms with Gasteiger partial charge in [0.15, 0.2) is 0 Å². The number of methoxy groups -OCH3 is 1. The van der Waals surface area contributed by atoms with Gasteiger partial charge in [0.2, 0.25) is 0 Å². The number of aliphatic hydroxyl groups excluding tert-OH is 1. The Bertz CT molecular complexity index is 718. The molecule has 1 N–H and O–H groups in total. The molecule has 1 aliphatic rings. The minimum Gasteiger partial charge on any atom is -0.394 e. The Hall–Kier alpha value is -2.24. The number of nitrogens with zero attached hydrogens (tertiary/aromatic N) is 2. The molecule has 0 bridgehead atoms. The molecule has 24 heavy (non-hydrogen) atoms. The predicted molar refractivity (Wildman–Crippen MR) is 91.7 cm³/mol. The van der Waals surface area contributed by atoms with Crippen LogP contribution in [0.3, 0.4) is 0 Å². The van der Waals surface area contributed by atoms with Crippen molar-refractivity contribution in [1.82, 2.24) is 9.88 Å². The van der Waals surface area contributed by atoms with E-state index in [4.69, 9.17) is 4.74 Å². The second kappa shape index (κ2) is 7.11. The number of benzene rings is 1. The summed E-state index contributed by atoms with van der Waals surface area (Å²) in [6.07, 6.45) is 2.39. The lowest BCUT2D eigenvalue weighted by Crippen LogP contribution is -2.38. The van der Waals surface area contributed by atoms with Crippen molar-refractivity contribution < 1.29 is 14.6 Å². The Labute approximate surface area is 141 Å². The van der Waals surface area contributed by atoms with Crippen molar-refractivity contribution in [2.45, 2.75) is 25.5 Å². The molecule has 1 amide bonds. The third-order valence-electron chi connectivity index (χ3n) is 4.69. The summed E-state index contributed by atoms with van der Waals surface area (Å²) in [4.78, 5) is 19.1. The highest BCUT2D eigenvalue weighted by atomic mass is 16.5. The minimum absolute atomic E-state index is 0.0228. The van der Waals surface area contributed by atoms with Gasteiger partial charge in [0, 0.05) is 31.0 Å². The normalized spacial score (nSPS) is 20.4. The number of aliphatic hydroxyl groups is 1. The molecular weight excluding hydrogens is 304 g/mol. The molecule has 2 heterocycles. The summed E-state index contributed by atoms with van der Waals surface area (Å²) in [5, 5.41) is 9.59. The molecule has 2 aromatic rings. The van der Waals surface area contributed by atoms with Crippen molar-refractivity contribution in [2.24, 2.45) is 0 Å². The molecule has 1 aromatic carbocycles. The molecule has 0 saturated carbocycles. The SMILES string of the molecule is CO[C@H]1C[C@@H](CO)N(C(=O)c2cccc(-c3ccccn3)c2C)C1. The Kier molecular flexibility index (Phi) is 4.92. The standard InChI is InChI=1S/C19H22N2O3/c1-13-16(18-8-3-4-9-20-18)6-5-7-17(13)19(23)21-11-15(24-2)10-14(21)12-22/h3-9,14-15,22H,10-12H2,1-2H3/t14-,15-/m0/s1. The Balaban J connectivity index is 1.94. The van der Waals surface area contributed by atoms with E-state index in [1.165, 1.54) is 0 Å². The zero-order valence-corrected chi connectivity index (χ0v) is 14.0. The molecule has 126 valence electrons. The minimum atomic E-state index is -0.194. The van der Waals surface area contributed by atoms with E-state index in [1.54, 1.807) is 18.2 Å². The number of pyridine rings is 1. The summed E-state index contributed by atoms with van der Waals surface area (Å²) in [6, 6.07) is 11.2. The molecule has 5 heteroatoms. The fraction of sp³-hybridized carbons (Fsp3) is 0.368. The number of rotatable bonds is 4. The third-order valence-corrected chi connectivity index (χ3v) is 4.69. The van der Waals surface area contributed by atoms with E-state index < -0.39 is 0 Å². The summed E-state index contributed by atoms with van der Waals surface area (Å²) in [5.74, 6) is -0.0659. The molecule has 0 unspecified atom stereocenters. The highest BCUT2D eigenvalue weighted by Crippen LogP contribution is 2.27. The van der Waals surface area contributed by atoms with Gasteiger partial charge in [0.25, 0.3) is 5.91 Å². The fourth-order valence-electron chi connectivity index (χ4n) is 3.29. The summed E-state index contributed by atoms with van der Waals surface area (Å²) < 4.78 is 5.37. The van der Waals surface area contributed by atoms with Crippen LogP contribution in [0.25, 0.3) is 11.3 Å². The quantitative estimate of drug-likeness (QED) is 0.936. The molecular formula is C19H22N2O3. The van der Waals surface area contributed by atoms with Crippen LogP contribution in [0.1, 0.15) is 22.3 Å². The second-order valence-electron chi connectivity index (χ2n) is 6.08. The maximum atomic E-state index is 13.0. The van der Waals surface area contributed by atoms with Crippen LogP contribution in [0.4, 0.5) is 0 Å². The van der Waals surface area contributed by atoms with Gasteiger partial charge >= 0.3 is 0 Å². The first kappa shape index (κ1) is 16.6. The van der Waals surface area contributed by atoms with Crippen LogP contribution in [0.15, 0.2) is 42.6 Å². The van der Waals surface area contributed by atoms with Crippen LogP contribution in [0, 0.1) is 6.92 Å². The highest BCUT2D eigenvalue weighted by Gasteiger charge is 2.35. The van der Waals surface area contributed by atoms with Gasteiger partial charge in [-0.2, -0.15) is 0 Å². The number of aromatic nitrogens is 1. The molecule has 0 aliphatic carbocycles. The summed E-state index contributed by atoms with van der Waals surface area (Å²) in [6.45, 7) is 2.40. The van der Waals surface area contributed by atoms with E-state index in [-0.39, 0.29) is 24.7 Å². The molecule has 5 nitrogen and oxygen atoms in total. The van der Waals surface area contributed by atoms with Gasteiger partial charge in [-0.05, 0) is 37.1 Å². The predicted octanol–water partition coefficient (Wildman–Crippen LogP) is 2.28. The molecule has 3 rings (SSSR count). The van der Waals surface area contributed by atoms with E-state index in [1.807, 2.05) is 43.3 Å². The van der Waals surface area contributed by atoms with Crippen LogP contribution < -0.4 is 0 Å². The monoisotopic (exact) mass is 326 g/mol. The first-order valence-electron chi connectivity index (χ1n) is 8.11. The molecule has 0 spiro atoms. The summed E-state index contributed by atoms with van der Waals surface area (Å²) in [7, 11) is 1.64. The number of ether oxygens (including phenoxy) is 1. The van der Waals surface area contributed by atoms with Gasteiger partial charge in [0.05, 0.1) is 24.4 Å². The van der Waals surface area contributed by atoms with E-state index >= 15 is 0 Å². The van der Waals surface area contributed by atoms with Gasteiger partial charge in [-0.25, -0.2) is 0 Å². The van der Waals surface area contributed by atoms with E-state index in [9.17, 15) is 9.90 Å². The Morgan fingerprint density at radius 2 is 2.17 bits per heavy atom. The van der Waals surface area contributed by atoms with Crippen molar-refractivity contribution in [3.8, 4) is 11.3 Å². The Morgan fingerprint density at radius 1 is 1.33 bits per heavy atom. The van der Waals surface area contributed by atoms with Crippen LogP contribution in [0.2, 0.25) is 0 Å². The van der Waals surface area contributed by atoms with E-state index in [2.05, 4.69) is 4.98 Å². The lowest BCUT2D eigenvalue weighted by Gasteiger charge is -2.24. The lowest BCUT2D eigenvalue weighted by atomic mass is 9.98. The maximum Gasteiger partial charge on any atom is 0.254 e. The highest BCUT2D eigenvalue weighted by molar-refractivity contribution is 5.97. The van der Waals surface area contributed by atoms with Gasteiger partial charge in [-0.15, -0.1) is 0 Å². The zero-order chi connectivity index (χ0) is 17.1. The molecule has 1 aliphatic heterocycles. The smallest absolute Gasteiger partial charge is 0.254 e. The first-order valence-corrected chi connectivity index (χ1v) is 8.11. The lowest BCUT2D eigenvalue weighted by molar-refractivity contribution is 0.0647. The van der Waals surface area contributed by atoms with Crippen LogP contribution in [-0.2, 0) is 4.74 Å². The van der Waals surface area contributed by atoms with Crippen LogP contribution in [-0.4, -0.2) is 53.3 Å². The number of carbonyl (C=O) groups is 1. The van der Waals surface area contributed by atoms with Crippen molar-refractivity contribution in [2.75, 3.05) is 20.3 Å². The average molecular weight is 326 g/mol. The van der Waals surface area contributed by atoms with Crippen molar-refractivity contribution in [1.29, 1.82) is 0 Å². The number of hydrogen-bond donors (Lipinski definition) is 1. The van der Waals surface area contributed by atoms with Crippen molar-refractivity contribution in [3.05, 3.63) is 53.7 Å². The molecule has 0 radical (unpaired) electrons. The summed E-state index contributed by atoms with van der Waals surface area (Å²) >= 11 is 0. The third kappa shape index (κ3) is 3.05.